The summed E-state index contributed by atoms with van der Waals surface area (Å²) in [4.78, 5) is 21.7. The molecule has 0 aliphatic carbocycles. The molecular weight excluding hydrogens is 284 g/mol. The Hall–Kier alpha value is -1.80. The SMILES string of the molecule is COC(=O)NC(=O)NS(=O)(=O)c1ccc(Cl)cc1. The minimum Gasteiger partial charge on any atom is -0.453 e. The standard InChI is InChI=1S/C9H9ClN2O5S/c1-17-9(14)11-8(13)12-18(15,16)7-4-2-6(10)3-5-7/h2-5H,1H3,(H2,11,12,13,14). The van der Waals surface area contributed by atoms with Crippen molar-refractivity contribution in [2.75, 3.05) is 7.11 Å². The average molecular weight is 293 g/mol. The summed E-state index contributed by atoms with van der Waals surface area (Å²) in [6.07, 6.45) is -1.07. The fourth-order valence-electron chi connectivity index (χ4n) is 0.964. The van der Waals surface area contributed by atoms with E-state index in [-0.39, 0.29) is 4.90 Å². The number of methoxy groups -OCH3 is 1. The van der Waals surface area contributed by atoms with Crippen molar-refractivity contribution in [3.63, 3.8) is 0 Å². The van der Waals surface area contributed by atoms with Crippen molar-refractivity contribution in [2.24, 2.45) is 0 Å². The molecule has 0 saturated heterocycles. The quantitative estimate of drug-likeness (QED) is 0.849. The Labute approximate surface area is 108 Å². The van der Waals surface area contributed by atoms with Crippen LogP contribution in [0.2, 0.25) is 5.02 Å². The predicted molar refractivity (Wildman–Crippen MR) is 62.7 cm³/mol. The zero-order valence-electron chi connectivity index (χ0n) is 9.14. The van der Waals surface area contributed by atoms with Crippen LogP contribution in [0, 0.1) is 0 Å². The van der Waals surface area contributed by atoms with Crippen LogP contribution in [0.5, 0.6) is 0 Å². The molecule has 18 heavy (non-hydrogen) atoms. The fourth-order valence-corrected chi connectivity index (χ4v) is 2.00. The molecule has 3 amide bonds. The van der Waals surface area contributed by atoms with Crippen molar-refractivity contribution in [3.8, 4) is 0 Å². The van der Waals surface area contributed by atoms with Crippen LogP contribution in [-0.2, 0) is 14.8 Å². The number of alkyl carbamates (subject to hydrolysis) is 1. The van der Waals surface area contributed by atoms with Gasteiger partial charge in [-0.25, -0.2) is 28.0 Å². The molecule has 0 unspecified atom stereocenters. The Morgan fingerprint density at radius 1 is 1.22 bits per heavy atom. The molecule has 98 valence electrons. The van der Waals surface area contributed by atoms with Crippen molar-refractivity contribution in [3.05, 3.63) is 29.3 Å². The summed E-state index contributed by atoms with van der Waals surface area (Å²) in [6, 6.07) is 3.94. The third-order valence-electron chi connectivity index (χ3n) is 1.75. The third-order valence-corrected chi connectivity index (χ3v) is 3.35. The molecule has 1 aromatic carbocycles. The van der Waals surface area contributed by atoms with Crippen LogP contribution in [0.4, 0.5) is 9.59 Å². The molecule has 7 nitrogen and oxygen atoms in total. The van der Waals surface area contributed by atoms with E-state index in [0.29, 0.717) is 5.02 Å². The molecule has 1 aromatic rings. The highest BCUT2D eigenvalue weighted by Gasteiger charge is 2.18. The van der Waals surface area contributed by atoms with Crippen molar-refractivity contribution in [1.82, 2.24) is 10.0 Å². The molecule has 9 heteroatoms. The zero-order valence-corrected chi connectivity index (χ0v) is 10.7. The highest BCUT2D eigenvalue weighted by Crippen LogP contribution is 2.13. The van der Waals surface area contributed by atoms with Crippen LogP contribution >= 0.6 is 11.6 Å². The maximum absolute atomic E-state index is 11.7. The smallest absolute Gasteiger partial charge is 0.415 e. The molecule has 0 spiro atoms. The van der Waals surface area contributed by atoms with Gasteiger partial charge < -0.3 is 4.74 Å². The second-order valence-electron chi connectivity index (χ2n) is 3.01. The van der Waals surface area contributed by atoms with Gasteiger partial charge in [0.25, 0.3) is 10.0 Å². The van der Waals surface area contributed by atoms with Gasteiger partial charge in [-0.2, -0.15) is 0 Å². The maximum Gasteiger partial charge on any atom is 0.415 e. The minimum absolute atomic E-state index is 0.160. The molecule has 0 aromatic heterocycles. The van der Waals surface area contributed by atoms with Crippen molar-refractivity contribution >= 4 is 33.7 Å². The number of carbonyl (C=O) groups is 2. The van der Waals surface area contributed by atoms with Gasteiger partial charge in [0.2, 0.25) is 0 Å². The van der Waals surface area contributed by atoms with Gasteiger partial charge in [0.05, 0.1) is 12.0 Å². The molecule has 0 radical (unpaired) electrons. The summed E-state index contributed by atoms with van der Waals surface area (Å²) < 4.78 is 29.1. The number of nitrogens with one attached hydrogen (secondary N) is 2. The highest BCUT2D eigenvalue weighted by atomic mass is 35.5. The predicted octanol–water partition coefficient (Wildman–Crippen LogP) is 1.09. The number of hydrogen-bond donors (Lipinski definition) is 2. The molecular formula is C9H9ClN2O5S. The van der Waals surface area contributed by atoms with E-state index in [4.69, 9.17) is 11.6 Å². The van der Waals surface area contributed by atoms with E-state index in [1.807, 2.05) is 0 Å². The Bertz CT molecular complexity index is 555. The molecule has 0 aliphatic heterocycles. The number of carbonyl (C=O) groups excluding carboxylic acids is 2. The van der Waals surface area contributed by atoms with Crippen molar-refractivity contribution in [1.29, 1.82) is 0 Å². The highest BCUT2D eigenvalue weighted by molar-refractivity contribution is 7.90. The van der Waals surface area contributed by atoms with E-state index in [9.17, 15) is 18.0 Å². The van der Waals surface area contributed by atoms with Gasteiger partial charge in [0.1, 0.15) is 0 Å². The molecule has 1 rings (SSSR count). The van der Waals surface area contributed by atoms with E-state index >= 15 is 0 Å². The molecule has 0 bridgehead atoms. The van der Waals surface area contributed by atoms with Crippen LogP contribution in [0.25, 0.3) is 0 Å². The largest absolute Gasteiger partial charge is 0.453 e. The van der Waals surface area contributed by atoms with Crippen LogP contribution in [0.3, 0.4) is 0 Å². The lowest BCUT2D eigenvalue weighted by molar-refractivity contribution is 0.171. The minimum atomic E-state index is -4.06. The summed E-state index contributed by atoms with van der Waals surface area (Å²) in [5.41, 5.74) is 0. The number of benzene rings is 1. The Balaban J connectivity index is 2.79. The average Bonchev–Trinajstić information content (AvgIpc) is 2.28. The lowest BCUT2D eigenvalue weighted by atomic mass is 10.4. The number of sulfonamides is 1. The van der Waals surface area contributed by atoms with E-state index < -0.39 is 22.1 Å². The van der Waals surface area contributed by atoms with Gasteiger partial charge in [-0.15, -0.1) is 0 Å². The summed E-state index contributed by atoms with van der Waals surface area (Å²) in [5, 5.41) is 2.01. The van der Waals surface area contributed by atoms with E-state index in [1.54, 1.807) is 10.0 Å². The van der Waals surface area contributed by atoms with Crippen LogP contribution in [0.15, 0.2) is 29.2 Å². The first-order valence-corrected chi connectivity index (χ1v) is 6.38. The molecule has 0 heterocycles. The van der Waals surface area contributed by atoms with E-state index in [2.05, 4.69) is 4.74 Å². The first-order chi connectivity index (χ1) is 8.35. The van der Waals surface area contributed by atoms with Gasteiger partial charge in [-0.1, -0.05) is 11.6 Å². The van der Waals surface area contributed by atoms with E-state index in [1.165, 1.54) is 24.3 Å². The topological polar surface area (TPSA) is 102 Å². The number of urea groups is 1. The lowest BCUT2D eigenvalue weighted by Gasteiger charge is -2.07. The molecule has 0 atom stereocenters. The first-order valence-electron chi connectivity index (χ1n) is 4.52. The zero-order chi connectivity index (χ0) is 13.8. The second-order valence-corrected chi connectivity index (χ2v) is 5.12. The number of halogens is 1. The van der Waals surface area contributed by atoms with Gasteiger partial charge in [-0.05, 0) is 24.3 Å². The number of rotatable bonds is 2. The second kappa shape index (κ2) is 5.69. The normalized spacial score (nSPS) is 10.6. The molecule has 0 saturated carbocycles. The lowest BCUT2D eigenvalue weighted by Crippen LogP contribution is -2.42. The van der Waals surface area contributed by atoms with Gasteiger partial charge in [0.15, 0.2) is 0 Å². The van der Waals surface area contributed by atoms with E-state index in [0.717, 1.165) is 7.11 Å². The fraction of sp³-hybridized carbons (Fsp3) is 0.111. The molecule has 2 N–H and O–H groups in total. The number of amides is 3. The molecule has 0 aliphatic rings. The Morgan fingerprint density at radius 2 is 1.78 bits per heavy atom. The van der Waals surface area contributed by atoms with Crippen LogP contribution in [-0.4, -0.2) is 27.7 Å². The van der Waals surface area contributed by atoms with Crippen LogP contribution in [0.1, 0.15) is 0 Å². The van der Waals surface area contributed by atoms with Gasteiger partial charge >= 0.3 is 12.1 Å². The Kier molecular flexibility index (Phi) is 4.51. The number of hydrogen-bond acceptors (Lipinski definition) is 5. The summed E-state index contributed by atoms with van der Waals surface area (Å²) in [7, 11) is -3.02. The van der Waals surface area contributed by atoms with Crippen molar-refractivity contribution < 1.29 is 22.7 Å². The van der Waals surface area contributed by atoms with Gasteiger partial charge in [-0.3, -0.25) is 0 Å². The summed E-state index contributed by atoms with van der Waals surface area (Å²) in [5.74, 6) is 0. The number of ether oxygens (including phenoxy) is 1. The maximum atomic E-state index is 11.7. The van der Waals surface area contributed by atoms with Gasteiger partial charge in [0, 0.05) is 5.02 Å². The summed E-state index contributed by atoms with van der Waals surface area (Å²) in [6.45, 7) is 0. The monoisotopic (exact) mass is 292 g/mol. The summed E-state index contributed by atoms with van der Waals surface area (Å²) >= 11 is 5.60. The number of imide groups is 1. The van der Waals surface area contributed by atoms with Crippen LogP contribution < -0.4 is 10.0 Å². The third kappa shape index (κ3) is 3.90. The Morgan fingerprint density at radius 3 is 2.28 bits per heavy atom. The first kappa shape index (κ1) is 14.3. The molecule has 0 fully saturated rings. The van der Waals surface area contributed by atoms with Crippen molar-refractivity contribution in [2.45, 2.75) is 4.90 Å².